The standard InChI is InChI=1S/C14H19N5O/c20-10-11-5-4-6-12(9-11)15-14-16-17-18-19(14)13-7-2-1-3-8-13/h1-3,7-8,11-12,20H,4-6,9-10H2,(H,15,16,18)/t11-,12-/m1/s1. The topological polar surface area (TPSA) is 75.9 Å². The highest BCUT2D eigenvalue weighted by Crippen LogP contribution is 2.26. The van der Waals surface area contributed by atoms with Crippen LogP contribution < -0.4 is 5.32 Å². The zero-order valence-electron chi connectivity index (χ0n) is 11.3. The maximum absolute atomic E-state index is 9.29. The Labute approximate surface area is 117 Å². The molecule has 20 heavy (non-hydrogen) atoms. The average Bonchev–Trinajstić information content (AvgIpc) is 2.96. The molecule has 0 amide bonds. The van der Waals surface area contributed by atoms with E-state index in [-0.39, 0.29) is 6.61 Å². The van der Waals surface area contributed by atoms with Crippen LogP contribution in [0.3, 0.4) is 0 Å². The summed E-state index contributed by atoms with van der Waals surface area (Å²) in [5.41, 5.74) is 0.939. The van der Waals surface area contributed by atoms with Gasteiger partial charge in [0.2, 0.25) is 5.95 Å². The summed E-state index contributed by atoms with van der Waals surface area (Å²) in [5, 5.41) is 24.6. The predicted molar refractivity (Wildman–Crippen MR) is 75.6 cm³/mol. The molecule has 1 heterocycles. The summed E-state index contributed by atoms with van der Waals surface area (Å²) >= 11 is 0. The predicted octanol–water partition coefficient (Wildman–Crippen LogP) is 1.63. The Balaban J connectivity index is 1.74. The number of nitrogens with zero attached hydrogens (tertiary/aromatic N) is 4. The van der Waals surface area contributed by atoms with Gasteiger partial charge in [0.05, 0.1) is 5.69 Å². The first-order chi connectivity index (χ1) is 9.86. The molecule has 0 aliphatic heterocycles. The van der Waals surface area contributed by atoms with Gasteiger partial charge in [-0.25, -0.2) is 0 Å². The summed E-state index contributed by atoms with van der Waals surface area (Å²) in [7, 11) is 0. The largest absolute Gasteiger partial charge is 0.396 e. The maximum Gasteiger partial charge on any atom is 0.247 e. The van der Waals surface area contributed by atoms with Crippen molar-refractivity contribution in [2.24, 2.45) is 5.92 Å². The summed E-state index contributed by atoms with van der Waals surface area (Å²) < 4.78 is 1.71. The van der Waals surface area contributed by atoms with Crippen molar-refractivity contribution in [3.63, 3.8) is 0 Å². The van der Waals surface area contributed by atoms with Gasteiger partial charge in [-0.1, -0.05) is 29.7 Å². The van der Waals surface area contributed by atoms with Crippen LogP contribution >= 0.6 is 0 Å². The molecule has 1 aliphatic rings. The smallest absolute Gasteiger partial charge is 0.247 e. The van der Waals surface area contributed by atoms with Gasteiger partial charge in [-0.3, -0.25) is 0 Å². The number of rotatable bonds is 4. The van der Waals surface area contributed by atoms with Gasteiger partial charge in [0.25, 0.3) is 0 Å². The summed E-state index contributed by atoms with van der Waals surface area (Å²) in [6.07, 6.45) is 4.31. The zero-order valence-corrected chi connectivity index (χ0v) is 11.3. The van der Waals surface area contributed by atoms with E-state index in [9.17, 15) is 5.11 Å². The molecule has 1 aromatic carbocycles. The molecule has 1 aliphatic carbocycles. The van der Waals surface area contributed by atoms with E-state index in [2.05, 4.69) is 20.8 Å². The van der Waals surface area contributed by atoms with Crippen molar-refractivity contribution >= 4 is 5.95 Å². The summed E-state index contributed by atoms with van der Waals surface area (Å²) in [4.78, 5) is 0. The minimum absolute atomic E-state index is 0.266. The van der Waals surface area contributed by atoms with Gasteiger partial charge in [-0.2, -0.15) is 4.68 Å². The van der Waals surface area contributed by atoms with Crippen LogP contribution in [0.1, 0.15) is 25.7 Å². The van der Waals surface area contributed by atoms with E-state index in [0.717, 1.165) is 31.4 Å². The molecule has 3 rings (SSSR count). The number of aliphatic hydroxyl groups excluding tert-OH is 1. The SMILES string of the molecule is OC[C@@H]1CCC[C@@H](Nc2nnnn2-c2ccccc2)C1. The second-order valence-electron chi connectivity index (χ2n) is 5.31. The minimum atomic E-state index is 0.266. The van der Waals surface area contributed by atoms with Gasteiger partial charge in [-0.05, 0) is 47.7 Å². The Morgan fingerprint density at radius 2 is 2.10 bits per heavy atom. The fraction of sp³-hybridized carbons (Fsp3) is 0.500. The van der Waals surface area contributed by atoms with Crippen molar-refractivity contribution in [1.82, 2.24) is 20.2 Å². The average molecular weight is 273 g/mol. The molecule has 6 heteroatoms. The first-order valence-corrected chi connectivity index (χ1v) is 7.08. The van der Waals surface area contributed by atoms with Crippen molar-refractivity contribution in [2.45, 2.75) is 31.7 Å². The molecular formula is C14H19N5O. The Hall–Kier alpha value is -1.95. The van der Waals surface area contributed by atoms with Crippen LogP contribution in [0.25, 0.3) is 5.69 Å². The lowest BCUT2D eigenvalue weighted by atomic mass is 9.86. The third-order valence-electron chi connectivity index (χ3n) is 3.84. The van der Waals surface area contributed by atoms with Crippen LogP contribution in [0.2, 0.25) is 0 Å². The lowest BCUT2D eigenvalue weighted by Gasteiger charge is -2.28. The van der Waals surface area contributed by atoms with Crippen molar-refractivity contribution in [3.05, 3.63) is 30.3 Å². The monoisotopic (exact) mass is 273 g/mol. The van der Waals surface area contributed by atoms with Crippen LogP contribution in [-0.4, -0.2) is 38.0 Å². The molecule has 1 fully saturated rings. The minimum Gasteiger partial charge on any atom is -0.396 e. The highest BCUT2D eigenvalue weighted by atomic mass is 16.3. The van der Waals surface area contributed by atoms with Gasteiger partial charge in [0, 0.05) is 12.6 Å². The van der Waals surface area contributed by atoms with Gasteiger partial charge in [0.1, 0.15) is 0 Å². The highest BCUT2D eigenvalue weighted by Gasteiger charge is 2.23. The maximum atomic E-state index is 9.29. The normalized spacial score (nSPS) is 22.6. The molecule has 0 spiro atoms. The van der Waals surface area contributed by atoms with Crippen LogP contribution in [0.15, 0.2) is 30.3 Å². The van der Waals surface area contributed by atoms with Gasteiger partial charge in [0.15, 0.2) is 0 Å². The first kappa shape index (κ1) is 13.1. The van der Waals surface area contributed by atoms with E-state index < -0.39 is 0 Å². The van der Waals surface area contributed by atoms with E-state index in [1.807, 2.05) is 30.3 Å². The van der Waals surface area contributed by atoms with Crippen LogP contribution in [-0.2, 0) is 0 Å². The molecule has 2 N–H and O–H groups in total. The zero-order chi connectivity index (χ0) is 13.8. The number of aromatic nitrogens is 4. The Kier molecular flexibility index (Phi) is 3.92. The van der Waals surface area contributed by atoms with Crippen molar-refractivity contribution in [1.29, 1.82) is 0 Å². The second-order valence-corrected chi connectivity index (χ2v) is 5.31. The van der Waals surface area contributed by atoms with Crippen molar-refractivity contribution in [2.75, 3.05) is 11.9 Å². The molecule has 6 nitrogen and oxygen atoms in total. The number of hydrogen-bond acceptors (Lipinski definition) is 5. The van der Waals surface area contributed by atoms with Gasteiger partial charge in [-0.15, -0.1) is 0 Å². The molecule has 1 saturated carbocycles. The van der Waals surface area contributed by atoms with E-state index >= 15 is 0 Å². The van der Waals surface area contributed by atoms with Crippen molar-refractivity contribution < 1.29 is 5.11 Å². The number of anilines is 1. The number of nitrogens with one attached hydrogen (secondary N) is 1. The molecule has 0 radical (unpaired) electrons. The highest BCUT2D eigenvalue weighted by molar-refractivity contribution is 5.38. The molecule has 106 valence electrons. The van der Waals surface area contributed by atoms with Crippen LogP contribution in [0.5, 0.6) is 0 Å². The van der Waals surface area contributed by atoms with Crippen molar-refractivity contribution in [3.8, 4) is 5.69 Å². The van der Waals surface area contributed by atoms with E-state index in [1.165, 1.54) is 0 Å². The van der Waals surface area contributed by atoms with Crippen LogP contribution in [0, 0.1) is 5.92 Å². The second kappa shape index (κ2) is 6.00. The van der Waals surface area contributed by atoms with Crippen LogP contribution in [0.4, 0.5) is 5.95 Å². The van der Waals surface area contributed by atoms with Gasteiger partial charge < -0.3 is 10.4 Å². The third kappa shape index (κ3) is 2.80. The fourth-order valence-electron chi connectivity index (χ4n) is 2.79. The number of aliphatic hydroxyl groups is 1. The molecule has 0 bridgehead atoms. The Bertz CT molecular complexity index is 542. The number of hydrogen-bond donors (Lipinski definition) is 2. The number of para-hydroxylation sites is 1. The first-order valence-electron chi connectivity index (χ1n) is 7.08. The van der Waals surface area contributed by atoms with E-state index in [0.29, 0.717) is 17.9 Å². The molecule has 0 unspecified atom stereocenters. The van der Waals surface area contributed by atoms with Gasteiger partial charge >= 0.3 is 0 Å². The number of benzene rings is 1. The molecular weight excluding hydrogens is 254 g/mol. The molecule has 2 aromatic rings. The third-order valence-corrected chi connectivity index (χ3v) is 3.84. The summed E-state index contributed by atoms with van der Waals surface area (Å²) in [5.74, 6) is 1.06. The lowest BCUT2D eigenvalue weighted by Crippen LogP contribution is -2.30. The Morgan fingerprint density at radius 1 is 1.25 bits per heavy atom. The summed E-state index contributed by atoms with van der Waals surface area (Å²) in [6, 6.07) is 10.2. The molecule has 2 atom stereocenters. The van der Waals surface area contributed by atoms with E-state index in [4.69, 9.17) is 0 Å². The lowest BCUT2D eigenvalue weighted by molar-refractivity contribution is 0.184. The molecule has 1 aromatic heterocycles. The quantitative estimate of drug-likeness (QED) is 0.885. The Morgan fingerprint density at radius 3 is 2.90 bits per heavy atom. The van der Waals surface area contributed by atoms with E-state index in [1.54, 1.807) is 4.68 Å². The fourth-order valence-corrected chi connectivity index (χ4v) is 2.79. The summed E-state index contributed by atoms with van der Waals surface area (Å²) in [6.45, 7) is 0.266. The number of tetrazole rings is 1. The molecule has 0 saturated heterocycles.